The molecule has 1 aromatic rings. The van der Waals surface area contributed by atoms with Gasteiger partial charge in [0.15, 0.2) is 9.84 Å². The van der Waals surface area contributed by atoms with Gasteiger partial charge in [-0.15, -0.1) is 0 Å². The smallest absolute Gasteiger partial charge is 0.178 e. The minimum Gasteiger partial charge on any atom is -0.316 e. The van der Waals surface area contributed by atoms with Crippen molar-refractivity contribution in [2.45, 2.75) is 50.5 Å². The van der Waals surface area contributed by atoms with Gasteiger partial charge in [0.05, 0.1) is 10.6 Å². The average molecular weight is 283 g/mol. The topological polar surface area (TPSA) is 46.2 Å². The first kappa shape index (κ1) is 16.2. The number of benzene rings is 1. The first-order chi connectivity index (χ1) is 8.97. The lowest BCUT2D eigenvalue weighted by molar-refractivity contribution is 0.467. The lowest BCUT2D eigenvalue weighted by atomic mass is 9.92. The van der Waals surface area contributed by atoms with E-state index in [-0.39, 0.29) is 17.7 Å². The maximum Gasteiger partial charge on any atom is 0.178 e. The molecule has 2 atom stereocenters. The van der Waals surface area contributed by atoms with Crippen molar-refractivity contribution in [3.05, 3.63) is 29.8 Å². The van der Waals surface area contributed by atoms with Crippen LogP contribution < -0.4 is 5.32 Å². The molecule has 19 heavy (non-hydrogen) atoms. The largest absolute Gasteiger partial charge is 0.316 e. The first-order valence-electron chi connectivity index (χ1n) is 6.96. The summed E-state index contributed by atoms with van der Waals surface area (Å²) < 4.78 is 24.7. The van der Waals surface area contributed by atoms with E-state index >= 15 is 0 Å². The molecule has 0 amide bonds. The van der Waals surface area contributed by atoms with Gasteiger partial charge in [-0.2, -0.15) is 0 Å². The van der Waals surface area contributed by atoms with Crippen molar-refractivity contribution < 1.29 is 8.42 Å². The van der Waals surface area contributed by atoms with Crippen LogP contribution in [0.4, 0.5) is 0 Å². The van der Waals surface area contributed by atoms with Crippen LogP contribution in [0.1, 0.15) is 45.1 Å². The second-order valence-corrected chi connectivity index (χ2v) is 7.03. The zero-order chi connectivity index (χ0) is 14.5. The first-order valence-corrected chi connectivity index (χ1v) is 8.62. The van der Waals surface area contributed by atoms with Crippen molar-refractivity contribution in [3.63, 3.8) is 0 Å². The Morgan fingerprint density at radius 1 is 1.21 bits per heavy atom. The van der Waals surface area contributed by atoms with E-state index in [1.165, 1.54) is 0 Å². The maximum atomic E-state index is 12.3. The highest BCUT2D eigenvalue weighted by atomic mass is 32.2. The molecule has 3 nitrogen and oxygen atoms in total. The second-order valence-electron chi connectivity index (χ2n) is 4.95. The predicted octanol–water partition coefficient (Wildman–Crippen LogP) is 2.97. The third-order valence-corrected chi connectivity index (χ3v) is 5.62. The van der Waals surface area contributed by atoms with Gasteiger partial charge in [-0.05, 0) is 37.4 Å². The van der Waals surface area contributed by atoms with Crippen molar-refractivity contribution in [2.24, 2.45) is 0 Å². The summed E-state index contributed by atoms with van der Waals surface area (Å²) in [4.78, 5) is 0.498. The molecule has 4 heteroatoms. The second kappa shape index (κ2) is 7.06. The van der Waals surface area contributed by atoms with Crippen LogP contribution in [0.2, 0.25) is 0 Å². The van der Waals surface area contributed by atoms with E-state index in [0.29, 0.717) is 11.3 Å². The Kier molecular flexibility index (Phi) is 6.01. The molecule has 2 unspecified atom stereocenters. The summed E-state index contributed by atoms with van der Waals surface area (Å²) in [5.41, 5.74) is 0.928. The molecule has 0 bridgehead atoms. The molecule has 1 rings (SSSR count). The summed E-state index contributed by atoms with van der Waals surface area (Å²) in [6.45, 7) is 6.10. The Morgan fingerprint density at radius 3 is 2.37 bits per heavy atom. The minimum atomic E-state index is -3.16. The predicted molar refractivity (Wildman–Crippen MR) is 80.3 cm³/mol. The number of hydrogen-bond acceptors (Lipinski definition) is 3. The molecule has 0 saturated heterocycles. The van der Waals surface area contributed by atoms with E-state index in [2.05, 4.69) is 19.2 Å². The van der Waals surface area contributed by atoms with Crippen molar-refractivity contribution in [1.82, 2.24) is 5.32 Å². The van der Waals surface area contributed by atoms with Gasteiger partial charge in [0.2, 0.25) is 0 Å². The highest BCUT2D eigenvalue weighted by molar-refractivity contribution is 7.91. The van der Waals surface area contributed by atoms with E-state index in [0.717, 1.165) is 12.0 Å². The molecule has 0 aliphatic heterocycles. The van der Waals surface area contributed by atoms with Crippen molar-refractivity contribution in [2.75, 3.05) is 12.8 Å². The molecular weight excluding hydrogens is 258 g/mol. The number of hydrogen-bond donors (Lipinski definition) is 1. The van der Waals surface area contributed by atoms with E-state index in [1.807, 2.05) is 26.1 Å². The van der Waals surface area contributed by atoms with Crippen molar-refractivity contribution >= 4 is 9.84 Å². The molecule has 0 spiro atoms. The molecule has 0 aliphatic carbocycles. The zero-order valence-electron chi connectivity index (χ0n) is 12.3. The number of nitrogens with one attached hydrogen (secondary N) is 1. The van der Waals surface area contributed by atoms with Gasteiger partial charge in [-0.3, -0.25) is 0 Å². The third-order valence-electron chi connectivity index (χ3n) is 3.63. The zero-order valence-corrected chi connectivity index (χ0v) is 13.1. The van der Waals surface area contributed by atoms with Crippen LogP contribution in [0.25, 0.3) is 0 Å². The van der Waals surface area contributed by atoms with Crippen LogP contribution in [-0.4, -0.2) is 27.3 Å². The Hall–Kier alpha value is -0.870. The summed E-state index contributed by atoms with van der Waals surface area (Å²) in [6.07, 6.45) is 1.62. The summed E-state index contributed by atoms with van der Waals surface area (Å²) in [5, 5.41) is 3.27. The summed E-state index contributed by atoms with van der Waals surface area (Å²) in [6, 6.07) is 7.68. The molecule has 0 saturated carbocycles. The van der Waals surface area contributed by atoms with E-state index in [9.17, 15) is 8.42 Å². The van der Waals surface area contributed by atoms with Crippen molar-refractivity contribution in [3.8, 4) is 0 Å². The molecule has 0 aromatic heterocycles. The van der Waals surface area contributed by atoms with Crippen LogP contribution in [-0.2, 0) is 9.84 Å². The Bertz CT molecular complexity index is 493. The minimum absolute atomic E-state index is 0.179. The highest BCUT2D eigenvalue weighted by Crippen LogP contribution is 2.28. The highest BCUT2D eigenvalue weighted by Gasteiger charge is 2.23. The summed E-state index contributed by atoms with van der Waals surface area (Å²) in [5.74, 6) is 0.394. The van der Waals surface area contributed by atoms with Gasteiger partial charge < -0.3 is 5.32 Å². The van der Waals surface area contributed by atoms with Gasteiger partial charge in [0.1, 0.15) is 0 Å². The number of likely N-dealkylation sites (N-methyl/N-ethyl adjacent to an activating group) is 1. The number of rotatable bonds is 7. The molecule has 0 radical (unpaired) electrons. The van der Waals surface area contributed by atoms with Crippen LogP contribution in [0, 0.1) is 0 Å². The Balaban J connectivity index is 3.23. The fraction of sp³-hybridized carbons (Fsp3) is 0.600. The quantitative estimate of drug-likeness (QED) is 0.837. The van der Waals surface area contributed by atoms with E-state index in [4.69, 9.17) is 0 Å². The lowest BCUT2D eigenvalue weighted by Crippen LogP contribution is -2.30. The lowest BCUT2D eigenvalue weighted by Gasteiger charge is -2.24. The molecule has 0 aliphatic rings. The third kappa shape index (κ3) is 3.80. The van der Waals surface area contributed by atoms with Crippen LogP contribution in [0.3, 0.4) is 0 Å². The van der Waals surface area contributed by atoms with E-state index in [1.54, 1.807) is 12.1 Å². The monoisotopic (exact) mass is 283 g/mol. The van der Waals surface area contributed by atoms with Crippen LogP contribution >= 0.6 is 0 Å². The van der Waals surface area contributed by atoms with Gasteiger partial charge in [0.25, 0.3) is 0 Å². The Morgan fingerprint density at radius 2 is 1.84 bits per heavy atom. The standard InChI is InChI=1S/C15H25NO2S/c1-5-11-19(17,18)15-10-8-7-9-13(15)12(3)14(6-2)16-4/h7-10,12,14,16H,5-6,11H2,1-4H3. The SMILES string of the molecule is CCCS(=O)(=O)c1ccccc1C(C)C(CC)NC. The summed E-state index contributed by atoms with van der Waals surface area (Å²) >= 11 is 0. The normalized spacial score (nSPS) is 15.2. The fourth-order valence-electron chi connectivity index (χ4n) is 2.54. The van der Waals surface area contributed by atoms with Gasteiger partial charge >= 0.3 is 0 Å². The average Bonchev–Trinajstić information content (AvgIpc) is 2.40. The van der Waals surface area contributed by atoms with Gasteiger partial charge in [-0.25, -0.2) is 8.42 Å². The molecule has 1 N–H and O–H groups in total. The summed E-state index contributed by atoms with van der Waals surface area (Å²) in [7, 11) is -1.24. The maximum absolute atomic E-state index is 12.3. The molecule has 0 fully saturated rings. The van der Waals surface area contributed by atoms with Gasteiger partial charge in [0, 0.05) is 6.04 Å². The Labute approximate surface area is 117 Å². The molecule has 1 aromatic carbocycles. The molecule has 0 heterocycles. The number of sulfone groups is 1. The van der Waals surface area contributed by atoms with E-state index < -0.39 is 9.84 Å². The molecular formula is C15H25NO2S. The van der Waals surface area contributed by atoms with Gasteiger partial charge in [-0.1, -0.05) is 39.0 Å². The van der Waals surface area contributed by atoms with Crippen LogP contribution in [0.5, 0.6) is 0 Å². The fourth-order valence-corrected chi connectivity index (χ4v) is 4.20. The molecule has 108 valence electrons. The van der Waals surface area contributed by atoms with Crippen molar-refractivity contribution in [1.29, 1.82) is 0 Å². The van der Waals surface area contributed by atoms with Crippen LogP contribution in [0.15, 0.2) is 29.2 Å².